The standard InChI is InChI=1S/C16H13N3OS/c17-8-11-4-5-14-15(7-11)21-16(19-14)18-9-12-2-1-3-13(6-12)10-20/h1-7,20H,9-10H2,(H,18,19). The summed E-state index contributed by atoms with van der Waals surface area (Å²) in [5, 5.41) is 22.1. The van der Waals surface area contributed by atoms with Gasteiger partial charge in [-0.05, 0) is 29.3 Å². The average molecular weight is 295 g/mol. The second kappa shape index (κ2) is 5.92. The number of benzene rings is 2. The molecule has 0 spiro atoms. The largest absolute Gasteiger partial charge is 0.392 e. The SMILES string of the molecule is N#Cc1ccc2nc(NCc3cccc(CO)c3)sc2c1. The average Bonchev–Trinajstić information content (AvgIpc) is 2.95. The molecule has 0 amide bonds. The molecule has 0 saturated carbocycles. The number of rotatable bonds is 4. The lowest BCUT2D eigenvalue weighted by Gasteiger charge is -2.04. The summed E-state index contributed by atoms with van der Waals surface area (Å²) < 4.78 is 1.00. The van der Waals surface area contributed by atoms with Crippen molar-refractivity contribution < 1.29 is 5.11 Å². The van der Waals surface area contributed by atoms with Gasteiger partial charge in [-0.15, -0.1) is 0 Å². The monoisotopic (exact) mass is 295 g/mol. The molecule has 0 fully saturated rings. The lowest BCUT2D eigenvalue weighted by molar-refractivity contribution is 0.281. The summed E-state index contributed by atoms with van der Waals surface area (Å²) >= 11 is 1.53. The Kier molecular flexibility index (Phi) is 3.82. The van der Waals surface area contributed by atoms with Crippen molar-refractivity contribution in [2.45, 2.75) is 13.2 Å². The van der Waals surface area contributed by atoms with Crippen LogP contribution in [-0.4, -0.2) is 10.1 Å². The van der Waals surface area contributed by atoms with Crippen LogP contribution in [-0.2, 0) is 13.2 Å². The molecule has 3 rings (SSSR count). The molecule has 0 saturated heterocycles. The van der Waals surface area contributed by atoms with Gasteiger partial charge in [0.15, 0.2) is 5.13 Å². The molecule has 2 N–H and O–H groups in total. The number of aliphatic hydroxyl groups is 1. The van der Waals surface area contributed by atoms with E-state index in [1.54, 1.807) is 6.07 Å². The maximum atomic E-state index is 9.13. The first-order chi connectivity index (χ1) is 10.3. The van der Waals surface area contributed by atoms with Crippen molar-refractivity contribution in [1.29, 1.82) is 5.26 Å². The minimum atomic E-state index is 0.0475. The van der Waals surface area contributed by atoms with E-state index < -0.39 is 0 Å². The molecule has 3 aromatic rings. The Morgan fingerprint density at radius 3 is 2.86 bits per heavy atom. The number of hydrogen-bond acceptors (Lipinski definition) is 5. The number of aromatic nitrogens is 1. The van der Waals surface area contributed by atoms with E-state index in [9.17, 15) is 0 Å². The predicted molar refractivity (Wildman–Crippen MR) is 84.0 cm³/mol. The molecule has 0 radical (unpaired) electrons. The summed E-state index contributed by atoms with van der Waals surface area (Å²) in [7, 11) is 0. The Labute approximate surface area is 126 Å². The molecule has 4 nitrogen and oxygen atoms in total. The number of nitriles is 1. The second-order valence-corrected chi connectivity index (χ2v) is 5.68. The van der Waals surface area contributed by atoms with Crippen molar-refractivity contribution in [3.8, 4) is 6.07 Å². The first kappa shape index (κ1) is 13.6. The first-order valence-electron chi connectivity index (χ1n) is 6.52. The van der Waals surface area contributed by atoms with Crippen molar-refractivity contribution in [3.63, 3.8) is 0 Å². The highest BCUT2D eigenvalue weighted by Gasteiger charge is 2.04. The van der Waals surface area contributed by atoms with Crippen LogP contribution in [0, 0.1) is 11.3 Å². The minimum Gasteiger partial charge on any atom is -0.392 e. The number of aliphatic hydroxyl groups excluding tert-OH is 1. The van der Waals surface area contributed by atoms with Gasteiger partial charge in [-0.25, -0.2) is 4.98 Å². The fraction of sp³-hybridized carbons (Fsp3) is 0.125. The molecular formula is C16H13N3OS. The van der Waals surface area contributed by atoms with Gasteiger partial charge in [-0.3, -0.25) is 0 Å². The Bertz CT molecular complexity index is 820. The molecule has 0 aliphatic carbocycles. The van der Waals surface area contributed by atoms with E-state index in [0.29, 0.717) is 12.1 Å². The Balaban J connectivity index is 1.77. The molecule has 21 heavy (non-hydrogen) atoms. The van der Waals surface area contributed by atoms with Crippen LogP contribution in [0.5, 0.6) is 0 Å². The molecule has 0 unspecified atom stereocenters. The summed E-state index contributed by atoms with van der Waals surface area (Å²) in [6.45, 7) is 0.699. The van der Waals surface area contributed by atoms with Crippen LogP contribution >= 0.6 is 11.3 Å². The first-order valence-corrected chi connectivity index (χ1v) is 7.33. The lowest BCUT2D eigenvalue weighted by Crippen LogP contribution is -1.99. The van der Waals surface area contributed by atoms with Gasteiger partial charge in [0.05, 0.1) is 28.5 Å². The van der Waals surface area contributed by atoms with Gasteiger partial charge < -0.3 is 10.4 Å². The highest BCUT2D eigenvalue weighted by molar-refractivity contribution is 7.22. The van der Waals surface area contributed by atoms with E-state index in [4.69, 9.17) is 10.4 Å². The van der Waals surface area contributed by atoms with Crippen molar-refractivity contribution >= 4 is 26.7 Å². The van der Waals surface area contributed by atoms with Gasteiger partial charge >= 0.3 is 0 Å². The Morgan fingerprint density at radius 1 is 1.19 bits per heavy atom. The summed E-state index contributed by atoms with van der Waals surface area (Å²) in [4.78, 5) is 4.49. The zero-order chi connectivity index (χ0) is 14.7. The summed E-state index contributed by atoms with van der Waals surface area (Å²) in [5.74, 6) is 0. The fourth-order valence-electron chi connectivity index (χ4n) is 2.09. The molecule has 104 valence electrons. The summed E-state index contributed by atoms with van der Waals surface area (Å²) in [6, 6.07) is 15.4. The van der Waals surface area contributed by atoms with Gasteiger partial charge in [0.1, 0.15) is 0 Å². The van der Waals surface area contributed by atoms with Gasteiger partial charge in [-0.1, -0.05) is 35.6 Å². The number of nitrogens with one attached hydrogen (secondary N) is 1. The van der Waals surface area contributed by atoms with Gasteiger partial charge in [0.2, 0.25) is 0 Å². The zero-order valence-corrected chi connectivity index (χ0v) is 12.0. The third-order valence-electron chi connectivity index (χ3n) is 3.14. The van der Waals surface area contributed by atoms with E-state index >= 15 is 0 Å². The zero-order valence-electron chi connectivity index (χ0n) is 11.2. The topological polar surface area (TPSA) is 68.9 Å². The van der Waals surface area contributed by atoms with E-state index in [2.05, 4.69) is 16.4 Å². The van der Waals surface area contributed by atoms with Crippen molar-refractivity contribution in [3.05, 3.63) is 59.2 Å². The van der Waals surface area contributed by atoms with Crippen LogP contribution in [0.25, 0.3) is 10.2 Å². The number of thiazole rings is 1. The maximum absolute atomic E-state index is 9.13. The van der Waals surface area contributed by atoms with Gasteiger partial charge in [-0.2, -0.15) is 5.26 Å². The summed E-state index contributed by atoms with van der Waals surface area (Å²) in [5.41, 5.74) is 3.54. The van der Waals surface area contributed by atoms with Crippen molar-refractivity contribution in [2.24, 2.45) is 0 Å². The van der Waals surface area contributed by atoms with Crippen molar-refractivity contribution in [2.75, 3.05) is 5.32 Å². The van der Waals surface area contributed by atoms with Crippen LogP contribution < -0.4 is 5.32 Å². The maximum Gasteiger partial charge on any atom is 0.184 e. The van der Waals surface area contributed by atoms with E-state index in [1.807, 2.05) is 36.4 Å². The van der Waals surface area contributed by atoms with Crippen molar-refractivity contribution in [1.82, 2.24) is 4.98 Å². The Morgan fingerprint density at radius 2 is 2.05 bits per heavy atom. The number of hydrogen-bond donors (Lipinski definition) is 2. The number of nitrogens with zero attached hydrogens (tertiary/aromatic N) is 2. The third kappa shape index (κ3) is 3.02. The van der Waals surface area contributed by atoms with Gasteiger partial charge in [0, 0.05) is 6.54 Å². The molecule has 0 aliphatic heterocycles. The highest BCUT2D eigenvalue weighted by atomic mass is 32.1. The molecule has 5 heteroatoms. The normalized spacial score (nSPS) is 10.5. The highest BCUT2D eigenvalue weighted by Crippen LogP contribution is 2.27. The number of fused-ring (bicyclic) bond motifs is 1. The second-order valence-electron chi connectivity index (χ2n) is 4.64. The molecule has 0 atom stereocenters. The molecule has 0 bridgehead atoms. The number of anilines is 1. The molecule has 2 aromatic carbocycles. The van der Waals surface area contributed by atoms with E-state index in [0.717, 1.165) is 26.5 Å². The third-order valence-corrected chi connectivity index (χ3v) is 4.11. The van der Waals surface area contributed by atoms with E-state index in [-0.39, 0.29) is 6.61 Å². The quantitative estimate of drug-likeness (QED) is 0.775. The van der Waals surface area contributed by atoms with Crippen LogP contribution in [0.4, 0.5) is 5.13 Å². The smallest absolute Gasteiger partial charge is 0.184 e. The van der Waals surface area contributed by atoms with E-state index in [1.165, 1.54) is 11.3 Å². The summed E-state index contributed by atoms with van der Waals surface area (Å²) in [6.07, 6.45) is 0. The fourth-order valence-corrected chi connectivity index (χ4v) is 2.99. The molecular weight excluding hydrogens is 282 g/mol. The predicted octanol–water partition coefficient (Wildman–Crippen LogP) is 3.27. The van der Waals surface area contributed by atoms with Crippen LogP contribution in [0.1, 0.15) is 16.7 Å². The Hall–Kier alpha value is -2.42. The van der Waals surface area contributed by atoms with Crippen LogP contribution in [0.3, 0.4) is 0 Å². The molecule has 0 aliphatic rings. The lowest BCUT2D eigenvalue weighted by atomic mass is 10.1. The minimum absolute atomic E-state index is 0.0475. The molecule has 1 heterocycles. The van der Waals surface area contributed by atoms with Crippen LogP contribution in [0.2, 0.25) is 0 Å². The molecule has 1 aromatic heterocycles. The van der Waals surface area contributed by atoms with Gasteiger partial charge in [0.25, 0.3) is 0 Å². The van der Waals surface area contributed by atoms with Crippen LogP contribution in [0.15, 0.2) is 42.5 Å².